The van der Waals surface area contributed by atoms with Gasteiger partial charge in [-0.3, -0.25) is 0 Å². The van der Waals surface area contributed by atoms with Crippen molar-refractivity contribution in [3.8, 4) is 124 Å². The number of hydrogen-bond acceptors (Lipinski definition) is 6. The Kier molecular flexibility index (Phi) is 11.9. The predicted molar refractivity (Wildman–Crippen MR) is 293 cm³/mol. The molecule has 72 heavy (non-hydrogen) atoms. The molecule has 12 aromatic rings. The van der Waals surface area contributed by atoms with Crippen molar-refractivity contribution in [3.63, 3.8) is 0 Å². The first-order valence-electron chi connectivity index (χ1n) is 24.0. The minimum atomic E-state index is 0.606. The van der Waals surface area contributed by atoms with Crippen LogP contribution in [0.25, 0.3) is 124 Å². The van der Waals surface area contributed by atoms with Gasteiger partial charge in [0.05, 0.1) is 0 Å². The molecule has 0 spiro atoms. The molecule has 0 aliphatic heterocycles. The van der Waals surface area contributed by atoms with E-state index in [0.29, 0.717) is 34.9 Å². The molecule has 0 N–H and O–H groups in total. The van der Waals surface area contributed by atoms with Gasteiger partial charge < -0.3 is 0 Å². The highest BCUT2D eigenvalue weighted by molar-refractivity contribution is 5.84. The van der Waals surface area contributed by atoms with E-state index in [1.54, 1.807) is 0 Å². The smallest absolute Gasteiger partial charge is 0.164 e. The van der Waals surface area contributed by atoms with Crippen LogP contribution >= 0.6 is 0 Å². The Morgan fingerprint density at radius 2 is 0.319 bits per heavy atom. The predicted octanol–water partition coefficient (Wildman–Crippen LogP) is 16.4. The monoisotopic (exact) mass is 920 g/mol. The van der Waals surface area contributed by atoms with Crippen LogP contribution in [-0.2, 0) is 0 Å². The van der Waals surface area contributed by atoms with Crippen LogP contribution in [0.4, 0.5) is 0 Å². The Bertz CT molecular complexity index is 3770. The first kappa shape index (κ1) is 43.5. The molecule has 0 aliphatic carbocycles. The van der Waals surface area contributed by atoms with Crippen molar-refractivity contribution in [1.82, 2.24) is 29.9 Å². The minimum absolute atomic E-state index is 0.606. The molecular weight excluding hydrogens is 877 g/mol. The van der Waals surface area contributed by atoms with E-state index < -0.39 is 0 Å². The van der Waals surface area contributed by atoms with Gasteiger partial charge in [0.15, 0.2) is 34.9 Å². The third-order valence-electron chi connectivity index (χ3n) is 12.8. The first-order chi connectivity index (χ1) is 35.6. The lowest BCUT2D eigenvalue weighted by Gasteiger charge is -2.13. The summed E-state index contributed by atoms with van der Waals surface area (Å²) in [5.74, 6) is 3.71. The van der Waals surface area contributed by atoms with Crippen molar-refractivity contribution in [2.24, 2.45) is 0 Å². The lowest BCUT2D eigenvalue weighted by atomic mass is 9.93. The number of nitrogens with zero attached hydrogens (tertiary/aromatic N) is 6. The van der Waals surface area contributed by atoms with Crippen molar-refractivity contribution in [2.75, 3.05) is 0 Å². The molecule has 338 valence electrons. The summed E-state index contributed by atoms with van der Waals surface area (Å²) in [4.78, 5) is 30.3. The van der Waals surface area contributed by atoms with Crippen molar-refractivity contribution in [1.29, 1.82) is 0 Å². The molecule has 0 saturated heterocycles. The fraction of sp³-hybridized carbons (Fsp3) is 0. The number of benzene rings is 10. The number of hydrogen-bond donors (Lipinski definition) is 0. The fourth-order valence-corrected chi connectivity index (χ4v) is 9.05. The van der Waals surface area contributed by atoms with E-state index in [4.69, 9.17) is 29.9 Å². The zero-order valence-corrected chi connectivity index (χ0v) is 39.1. The van der Waals surface area contributed by atoms with E-state index in [9.17, 15) is 0 Å². The first-order valence-corrected chi connectivity index (χ1v) is 24.0. The molecule has 0 unspecified atom stereocenters. The molecule has 0 bridgehead atoms. The van der Waals surface area contributed by atoms with Crippen molar-refractivity contribution in [3.05, 3.63) is 267 Å². The van der Waals surface area contributed by atoms with Gasteiger partial charge in [0.25, 0.3) is 0 Å². The average Bonchev–Trinajstić information content (AvgIpc) is 3.48. The van der Waals surface area contributed by atoms with Gasteiger partial charge in [-0.1, -0.05) is 231 Å². The fourth-order valence-electron chi connectivity index (χ4n) is 9.05. The topological polar surface area (TPSA) is 77.3 Å². The molecule has 0 amide bonds. The zero-order chi connectivity index (χ0) is 48.1. The molecule has 2 heterocycles. The highest BCUT2D eigenvalue weighted by Crippen LogP contribution is 2.37. The quantitative estimate of drug-likeness (QED) is 0.129. The van der Waals surface area contributed by atoms with Crippen LogP contribution in [0.15, 0.2) is 267 Å². The van der Waals surface area contributed by atoms with Gasteiger partial charge in [-0.15, -0.1) is 0 Å². The second-order valence-electron chi connectivity index (χ2n) is 17.6. The van der Waals surface area contributed by atoms with E-state index in [1.165, 1.54) is 0 Å². The molecule has 0 fully saturated rings. The standard InChI is InChI=1S/C66H44N6/c1-6-19-45(20-7-1)47-35-37-51(38-36-47)64-68-61(48-23-10-3-11-24-48)69-65(70-64)57-34-18-32-55(41-57)53-30-16-29-52(39-53)54-31-17-33-56(40-54)59-42-58(46-21-8-2-9-22-46)43-60(44-59)66-71-62(49-25-12-4-13-26-49)67-63(72-66)50-27-14-5-15-28-50/h1-44H. The van der Waals surface area contributed by atoms with Crippen LogP contribution in [0.5, 0.6) is 0 Å². The maximum atomic E-state index is 5.11. The highest BCUT2D eigenvalue weighted by atomic mass is 15.0. The lowest BCUT2D eigenvalue weighted by molar-refractivity contribution is 1.07. The summed E-state index contributed by atoms with van der Waals surface area (Å²) >= 11 is 0. The Morgan fingerprint density at radius 1 is 0.125 bits per heavy atom. The van der Waals surface area contributed by atoms with Crippen LogP contribution < -0.4 is 0 Å². The summed E-state index contributed by atoms with van der Waals surface area (Å²) in [7, 11) is 0. The Morgan fingerprint density at radius 3 is 0.708 bits per heavy atom. The second-order valence-corrected chi connectivity index (χ2v) is 17.6. The maximum Gasteiger partial charge on any atom is 0.164 e. The van der Waals surface area contributed by atoms with E-state index in [1.807, 2.05) is 103 Å². The van der Waals surface area contributed by atoms with Gasteiger partial charge in [-0.05, 0) is 92.0 Å². The molecule has 0 radical (unpaired) electrons. The third-order valence-corrected chi connectivity index (χ3v) is 12.8. The SMILES string of the molecule is c1ccc(-c2ccc(-c3nc(-c4ccccc4)nc(-c4cccc(-c5cccc(-c6cccc(-c7cc(-c8ccccc8)cc(-c8nc(-c9ccccc9)nc(-c9ccccc9)n8)c7)c6)c5)c4)n3)cc2)cc1. The average molecular weight is 921 g/mol. The van der Waals surface area contributed by atoms with Crippen LogP contribution in [-0.4, -0.2) is 29.9 Å². The van der Waals surface area contributed by atoms with E-state index >= 15 is 0 Å². The molecule has 10 aromatic carbocycles. The Balaban J connectivity index is 0.902. The van der Waals surface area contributed by atoms with E-state index in [2.05, 4.69) is 164 Å². The lowest BCUT2D eigenvalue weighted by Crippen LogP contribution is -2.00. The second kappa shape index (κ2) is 19.7. The van der Waals surface area contributed by atoms with Gasteiger partial charge in [0.1, 0.15) is 0 Å². The molecule has 0 atom stereocenters. The van der Waals surface area contributed by atoms with Crippen molar-refractivity contribution < 1.29 is 0 Å². The summed E-state index contributed by atoms with van der Waals surface area (Å²) in [5.41, 5.74) is 16.5. The molecule has 2 aromatic heterocycles. The van der Waals surface area contributed by atoms with Gasteiger partial charge in [0, 0.05) is 33.4 Å². The van der Waals surface area contributed by atoms with Crippen LogP contribution in [0, 0.1) is 0 Å². The van der Waals surface area contributed by atoms with E-state index in [0.717, 1.165) is 89.0 Å². The van der Waals surface area contributed by atoms with Crippen LogP contribution in [0.3, 0.4) is 0 Å². The van der Waals surface area contributed by atoms with Crippen molar-refractivity contribution in [2.45, 2.75) is 0 Å². The zero-order valence-electron chi connectivity index (χ0n) is 39.1. The van der Waals surface area contributed by atoms with Gasteiger partial charge >= 0.3 is 0 Å². The normalized spacial score (nSPS) is 11.1. The van der Waals surface area contributed by atoms with Gasteiger partial charge in [0.2, 0.25) is 0 Å². The summed E-state index contributed by atoms with van der Waals surface area (Å²) in [6.07, 6.45) is 0. The summed E-state index contributed by atoms with van der Waals surface area (Å²) in [6.45, 7) is 0. The molecule has 0 saturated carbocycles. The largest absolute Gasteiger partial charge is 0.208 e. The maximum absolute atomic E-state index is 5.11. The Hall–Kier alpha value is -9.78. The molecule has 0 aliphatic rings. The summed E-state index contributed by atoms with van der Waals surface area (Å²) in [6, 6.07) is 92.2. The molecule has 12 rings (SSSR count). The Labute approximate surface area is 418 Å². The highest BCUT2D eigenvalue weighted by Gasteiger charge is 2.17. The van der Waals surface area contributed by atoms with Crippen molar-refractivity contribution >= 4 is 0 Å². The molecule has 6 nitrogen and oxygen atoms in total. The summed E-state index contributed by atoms with van der Waals surface area (Å²) < 4.78 is 0. The minimum Gasteiger partial charge on any atom is -0.208 e. The van der Waals surface area contributed by atoms with Gasteiger partial charge in [-0.2, -0.15) is 0 Å². The van der Waals surface area contributed by atoms with Crippen LogP contribution in [0.1, 0.15) is 0 Å². The third kappa shape index (κ3) is 9.36. The summed E-state index contributed by atoms with van der Waals surface area (Å²) in [5, 5.41) is 0. The van der Waals surface area contributed by atoms with E-state index in [-0.39, 0.29) is 0 Å². The number of rotatable bonds is 11. The number of aromatic nitrogens is 6. The van der Waals surface area contributed by atoms with Gasteiger partial charge in [-0.25, -0.2) is 29.9 Å². The van der Waals surface area contributed by atoms with Crippen LogP contribution in [0.2, 0.25) is 0 Å². The molecule has 6 heteroatoms. The molecular formula is C66H44N6.